The number of piperazine rings is 1. The highest BCUT2D eigenvalue weighted by Gasteiger charge is 2.32. The van der Waals surface area contributed by atoms with Gasteiger partial charge in [-0.15, -0.1) is 16.8 Å². The number of aryl methyl sites for hydroxylation is 1. The van der Waals surface area contributed by atoms with Crippen molar-refractivity contribution in [1.82, 2.24) is 29.6 Å². The minimum absolute atomic E-state index is 0.123. The third-order valence-electron chi connectivity index (χ3n) is 5.64. The second-order valence-electron chi connectivity index (χ2n) is 8.24. The van der Waals surface area contributed by atoms with Gasteiger partial charge < -0.3 is 14.2 Å². The maximum Gasteiger partial charge on any atom is 0.236 e. The van der Waals surface area contributed by atoms with Gasteiger partial charge in [0, 0.05) is 45.1 Å². The van der Waals surface area contributed by atoms with Crippen LogP contribution in [0.1, 0.15) is 19.6 Å². The fraction of sp³-hybridized carbons (Fsp3) is 0.435. The van der Waals surface area contributed by atoms with E-state index in [9.17, 15) is 4.79 Å². The molecule has 0 radical (unpaired) electrons. The first-order valence-corrected chi connectivity index (χ1v) is 11.9. The maximum absolute atomic E-state index is 13.5. The van der Waals surface area contributed by atoms with E-state index in [1.54, 1.807) is 24.7 Å². The zero-order valence-electron chi connectivity index (χ0n) is 19.2. The predicted molar refractivity (Wildman–Crippen MR) is 128 cm³/mol. The first kappa shape index (κ1) is 23.0. The zero-order valence-corrected chi connectivity index (χ0v) is 20.0. The van der Waals surface area contributed by atoms with Crippen LogP contribution in [0.4, 0.5) is 5.95 Å². The Hall–Kier alpha value is -3.14. The average Bonchev–Trinajstić information content (AvgIpc) is 3.43. The Kier molecular flexibility index (Phi) is 7.12. The van der Waals surface area contributed by atoms with E-state index < -0.39 is 0 Å². The number of hydrogen-bond donors (Lipinski definition) is 0. The number of anilines is 1. The van der Waals surface area contributed by atoms with Crippen molar-refractivity contribution < 1.29 is 9.21 Å². The molecule has 4 rings (SSSR count). The lowest BCUT2D eigenvalue weighted by Crippen LogP contribution is -2.52. The van der Waals surface area contributed by atoms with Gasteiger partial charge in [-0.1, -0.05) is 31.7 Å². The number of nitrogens with zero attached hydrogens (tertiary/aromatic N) is 7. The summed E-state index contributed by atoms with van der Waals surface area (Å²) in [5.74, 6) is 2.46. The van der Waals surface area contributed by atoms with Crippen LogP contribution in [0.15, 0.2) is 53.0 Å². The molecular weight excluding hydrogens is 438 g/mol. The molecule has 174 valence electrons. The fourth-order valence-corrected chi connectivity index (χ4v) is 4.96. The molecule has 10 heteroatoms. The highest BCUT2D eigenvalue weighted by molar-refractivity contribution is 8.00. The molecule has 0 bridgehead atoms. The standard InChI is InChI=1S/C23H29N7O2S/c1-5-10-30-20(18-7-15-32-17(18)4)26-27-23(30)33-19(16(2)3)21(31)28-11-13-29(14-12-28)22-24-8-6-9-25-22/h5-9,15-16,19H,1,10-14H2,2-4H3/t19-/m0/s1. The quantitative estimate of drug-likeness (QED) is 0.368. The monoisotopic (exact) mass is 467 g/mol. The second-order valence-corrected chi connectivity index (χ2v) is 9.35. The Morgan fingerprint density at radius 1 is 1.21 bits per heavy atom. The highest BCUT2D eigenvalue weighted by Crippen LogP contribution is 2.32. The molecule has 3 aromatic heterocycles. The Balaban J connectivity index is 1.49. The lowest BCUT2D eigenvalue weighted by Gasteiger charge is -2.36. The van der Waals surface area contributed by atoms with Crippen LogP contribution in [0.3, 0.4) is 0 Å². The number of hydrogen-bond acceptors (Lipinski definition) is 8. The summed E-state index contributed by atoms with van der Waals surface area (Å²) in [6, 6.07) is 3.69. The van der Waals surface area contributed by atoms with Crippen molar-refractivity contribution in [3.05, 3.63) is 49.2 Å². The van der Waals surface area contributed by atoms with Crippen molar-refractivity contribution in [1.29, 1.82) is 0 Å². The third kappa shape index (κ3) is 4.95. The maximum atomic E-state index is 13.5. The van der Waals surface area contributed by atoms with Crippen LogP contribution < -0.4 is 4.90 Å². The lowest BCUT2D eigenvalue weighted by atomic mass is 10.1. The van der Waals surface area contributed by atoms with Gasteiger partial charge in [-0.2, -0.15) is 0 Å². The summed E-state index contributed by atoms with van der Waals surface area (Å²) in [6.07, 6.45) is 6.93. The van der Waals surface area contributed by atoms with E-state index in [4.69, 9.17) is 4.42 Å². The van der Waals surface area contributed by atoms with Gasteiger partial charge in [0.05, 0.1) is 17.1 Å². The SMILES string of the molecule is C=CCn1c(S[C@H](C(=O)N2CCN(c3ncccn3)CC2)C(C)C)nnc1-c1ccoc1C. The van der Waals surface area contributed by atoms with E-state index in [1.807, 2.05) is 28.5 Å². The summed E-state index contributed by atoms with van der Waals surface area (Å²) in [6.45, 7) is 13.2. The number of rotatable bonds is 8. The largest absolute Gasteiger partial charge is 0.469 e. The zero-order chi connectivity index (χ0) is 23.4. The molecule has 1 aliphatic heterocycles. The van der Waals surface area contributed by atoms with E-state index in [0.717, 1.165) is 17.1 Å². The first-order valence-electron chi connectivity index (χ1n) is 11.1. The average molecular weight is 468 g/mol. The number of furan rings is 1. The molecule has 1 atom stereocenters. The molecule has 1 saturated heterocycles. The summed E-state index contributed by atoms with van der Waals surface area (Å²) in [7, 11) is 0. The Morgan fingerprint density at radius 3 is 2.55 bits per heavy atom. The smallest absolute Gasteiger partial charge is 0.236 e. The van der Waals surface area contributed by atoms with E-state index in [1.165, 1.54) is 11.8 Å². The molecule has 0 spiro atoms. The minimum atomic E-state index is -0.268. The number of amides is 1. The summed E-state index contributed by atoms with van der Waals surface area (Å²) in [4.78, 5) is 26.2. The van der Waals surface area contributed by atoms with Crippen LogP contribution >= 0.6 is 11.8 Å². The highest BCUT2D eigenvalue weighted by atomic mass is 32.2. The molecule has 0 saturated carbocycles. The van der Waals surface area contributed by atoms with Crippen LogP contribution in [-0.4, -0.2) is 67.0 Å². The molecule has 0 unspecified atom stereocenters. The normalized spacial score (nSPS) is 15.2. The lowest BCUT2D eigenvalue weighted by molar-refractivity contribution is -0.131. The molecule has 3 aromatic rings. The van der Waals surface area contributed by atoms with Gasteiger partial charge in [-0.25, -0.2) is 9.97 Å². The van der Waals surface area contributed by atoms with Gasteiger partial charge >= 0.3 is 0 Å². The molecule has 1 fully saturated rings. The summed E-state index contributed by atoms with van der Waals surface area (Å²) in [5, 5.41) is 9.26. The molecule has 1 amide bonds. The number of thioether (sulfide) groups is 1. The summed E-state index contributed by atoms with van der Waals surface area (Å²) < 4.78 is 7.44. The molecule has 4 heterocycles. The Labute approximate surface area is 197 Å². The van der Waals surface area contributed by atoms with Gasteiger partial charge in [0.25, 0.3) is 0 Å². The predicted octanol–water partition coefficient (Wildman–Crippen LogP) is 3.29. The molecule has 0 N–H and O–H groups in total. The molecular formula is C23H29N7O2S. The topological polar surface area (TPSA) is 93.2 Å². The van der Waals surface area contributed by atoms with Crippen LogP contribution in [0.2, 0.25) is 0 Å². The van der Waals surface area contributed by atoms with E-state index in [0.29, 0.717) is 43.8 Å². The molecule has 9 nitrogen and oxygen atoms in total. The van der Waals surface area contributed by atoms with Crippen molar-refractivity contribution in [2.75, 3.05) is 31.1 Å². The van der Waals surface area contributed by atoms with E-state index in [-0.39, 0.29) is 17.1 Å². The van der Waals surface area contributed by atoms with Crippen LogP contribution in [0.25, 0.3) is 11.4 Å². The van der Waals surface area contributed by atoms with Crippen molar-refractivity contribution in [3.8, 4) is 11.4 Å². The minimum Gasteiger partial charge on any atom is -0.469 e. The molecule has 0 aliphatic carbocycles. The number of carbonyl (C=O) groups is 1. The number of allylic oxidation sites excluding steroid dienone is 1. The Bertz CT molecular complexity index is 1090. The van der Waals surface area contributed by atoms with Crippen LogP contribution in [-0.2, 0) is 11.3 Å². The Morgan fingerprint density at radius 2 is 1.94 bits per heavy atom. The van der Waals surface area contributed by atoms with Gasteiger partial charge in [0.2, 0.25) is 11.9 Å². The molecule has 0 aromatic carbocycles. The van der Waals surface area contributed by atoms with Crippen molar-refractivity contribution in [2.45, 2.75) is 37.7 Å². The molecule has 33 heavy (non-hydrogen) atoms. The van der Waals surface area contributed by atoms with Crippen molar-refractivity contribution in [2.24, 2.45) is 5.92 Å². The first-order chi connectivity index (χ1) is 16.0. The van der Waals surface area contributed by atoms with Crippen molar-refractivity contribution >= 4 is 23.6 Å². The van der Waals surface area contributed by atoms with E-state index in [2.05, 4.69) is 45.5 Å². The summed E-state index contributed by atoms with van der Waals surface area (Å²) in [5.41, 5.74) is 0.892. The van der Waals surface area contributed by atoms with Gasteiger partial charge in [-0.3, -0.25) is 9.36 Å². The van der Waals surface area contributed by atoms with Crippen molar-refractivity contribution in [3.63, 3.8) is 0 Å². The second kappa shape index (κ2) is 10.2. The van der Waals surface area contributed by atoms with Crippen LogP contribution in [0.5, 0.6) is 0 Å². The van der Waals surface area contributed by atoms with E-state index >= 15 is 0 Å². The van der Waals surface area contributed by atoms with Gasteiger partial charge in [-0.05, 0) is 25.0 Å². The number of aromatic nitrogens is 5. The van der Waals surface area contributed by atoms with Gasteiger partial charge in [0.15, 0.2) is 11.0 Å². The fourth-order valence-electron chi connectivity index (χ4n) is 3.83. The number of carbonyl (C=O) groups excluding carboxylic acids is 1. The van der Waals surface area contributed by atoms with Gasteiger partial charge in [0.1, 0.15) is 5.76 Å². The third-order valence-corrected chi connectivity index (χ3v) is 7.15. The summed E-state index contributed by atoms with van der Waals surface area (Å²) >= 11 is 1.47. The van der Waals surface area contributed by atoms with Crippen LogP contribution in [0, 0.1) is 12.8 Å². The molecule has 1 aliphatic rings.